The van der Waals surface area contributed by atoms with Gasteiger partial charge in [-0.1, -0.05) is 6.92 Å². The number of nitrogens with zero attached hydrogens (tertiary/aromatic N) is 1. The van der Waals surface area contributed by atoms with Crippen LogP contribution in [0.4, 0.5) is 0 Å². The van der Waals surface area contributed by atoms with Gasteiger partial charge in [0, 0.05) is 13.7 Å². The summed E-state index contributed by atoms with van der Waals surface area (Å²) in [6.07, 6.45) is 0.615. The van der Waals surface area contributed by atoms with Crippen molar-refractivity contribution in [3.63, 3.8) is 0 Å². The van der Waals surface area contributed by atoms with Crippen LogP contribution in [-0.2, 0) is 14.3 Å². The van der Waals surface area contributed by atoms with E-state index in [1.165, 1.54) is 0 Å². The van der Waals surface area contributed by atoms with Crippen molar-refractivity contribution in [1.29, 1.82) is 0 Å². The van der Waals surface area contributed by atoms with E-state index < -0.39 is 11.6 Å². The third-order valence-electron chi connectivity index (χ3n) is 3.03. The van der Waals surface area contributed by atoms with Crippen LogP contribution >= 0.6 is 0 Å². The number of carbonyl (C=O) groups excluding carboxylic acids is 2. The Kier molecular flexibility index (Phi) is 3.91. The van der Waals surface area contributed by atoms with E-state index in [2.05, 4.69) is 5.32 Å². The van der Waals surface area contributed by atoms with E-state index in [0.29, 0.717) is 19.6 Å². The van der Waals surface area contributed by atoms with Crippen LogP contribution < -0.4 is 5.32 Å². The number of nitrogens with one attached hydrogen (secondary N) is 1. The van der Waals surface area contributed by atoms with Crippen molar-refractivity contribution in [3.05, 3.63) is 0 Å². The van der Waals surface area contributed by atoms with Gasteiger partial charge in [-0.05, 0) is 20.3 Å². The van der Waals surface area contributed by atoms with Crippen LogP contribution in [0.1, 0.15) is 27.2 Å². The van der Waals surface area contributed by atoms with Crippen LogP contribution in [0.3, 0.4) is 0 Å². The molecule has 0 saturated carbocycles. The summed E-state index contributed by atoms with van der Waals surface area (Å²) < 4.78 is 4.96. The van der Waals surface area contributed by atoms with Crippen molar-refractivity contribution in [2.75, 3.05) is 20.3 Å². The first kappa shape index (κ1) is 13.0. The van der Waals surface area contributed by atoms with E-state index in [1.54, 1.807) is 25.9 Å². The Morgan fingerprint density at radius 3 is 2.56 bits per heavy atom. The Morgan fingerprint density at radius 2 is 2.06 bits per heavy atom. The van der Waals surface area contributed by atoms with E-state index in [0.717, 1.165) is 0 Å². The molecule has 0 bridgehead atoms. The second kappa shape index (κ2) is 4.82. The summed E-state index contributed by atoms with van der Waals surface area (Å²) in [6.45, 7) is 6.28. The highest BCUT2D eigenvalue weighted by Crippen LogP contribution is 2.21. The predicted octanol–water partition coefficient (Wildman–Crippen LogP) is 0.148. The van der Waals surface area contributed by atoms with Crippen molar-refractivity contribution in [2.45, 2.75) is 38.8 Å². The molecule has 92 valence electrons. The van der Waals surface area contributed by atoms with Crippen molar-refractivity contribution in [3.8, 4) is 0 Å². The van der Waals surface area contributed by atoms with Gasteiger partial charge in [0.2, 0.25) is 11.8 Å². The number of ether oxygens (including phenoxy) is 1. The summed E-state index contributed by atoms with van der Waals surface area (Å²) >= 11 is 0. The van der Waals surface area contributed by atoms with E-state index in [9.17, 15) is 9.59 Å². The van der Waals surface area contributed by atoms with E-state index in [-0.39, 0.29) is 11.8 Å². The summed E-state index contributed by atoms with van der Waals surface area (Å²) in [5, 5.41) is 2.74. The summed E-state index contributed by atoms with van der Waals surface area (Å²) in [7, 11) is 1.58. The molecule has 0 aromatic heterocycles. The summed E-state index contributed by atoms with van der Waals surface area (Å²) in [5.74, 6) is -0.126. The molecule has 1 atom stereocenters. The molecule has 1 rings (SSSR count). The smallest absolute Gasteiger partial charge is 0.246 e. The standard InChI is InChI=1S/C11H20N2O3/c1-5-8-9(14)13(6-7-16-4)11(2,3)10(15)12-8/h8H,5-7H2,1-4H3,(H,12,15). The average Bonchev–Trinajstić information content (AvgIpc) is 2.23. The quantitative estimate of drug-likeness (QED) is 0.745. The maximum Gasteiger partial charge on any atom is 0.246 e. The van der Waals surface area contributed by atoms with Gasteiger partial charge in [0.15, 0.2) is 0 Å². The Labute approximate surface area is 96.1 Å². The highest BCUT2D eigenvalue weighted by Gasteiger charge is 2.45. The predicted molar refractivity (Wildman–Crippen MR) is 59.9 cm³/mol. The lowest BCUT2D eigenvalue weighted by atomic mass is 9.95. The van der Waals surface area contributed by atoms with Gasteiger partial charge in [0.05, 0.1) is 6.61 Å². The molecule has 1 heterocycles. The molecule has 0 spiro atoms. The van der Waals surface area contributed by atoms with E-state index in [4.69, 9.17) is 4.74 Å². The first-order valence-corrected chi connectivity index (χ1v) is 5.56. The molecule has 0 radical (unpaired) electrons. The van der Waals surface area contributed by atoms with Crippen LogP contribution in [0, 0.1) is 0 Å². The second-order valence-electron chi connectivity index (χ2n) is 4.48. The maximum atomic E-state index is 12.1. The number of carbonyl (C=O) groups is 2. The van der Waals surface area contributed by atoms with Crippen LogP contribution in [0.25, 0.3) is 0 Å². The normalized spacial score (nSPS) is 24.5. The third kappa shape index (κ3) is 2.19. The first-order chi connectivity index (χ1) is 7.45. The minimum Gasteiger partial charge on any atom is -0.383 e. The minimum atomic E-state index is -0.790. The monoisotopic (exact) mass is 228 g/mol. The fourth-order valence-corrected chi connectivity index (χ4v) is 1.83. The Balaban J connectivity index is 2.87. The van der Waals surface area contributed by atoms with Crippen molar-refractivity contribution in [2.24, 2.45) is 0 Å². The third-order valence-corrected chi connectivity index (χ3v) is 3.03. The molecule has 0 aliphatic carbocycles. The molecule has 5 heteroatoms. The molecule has 16 heavy (non-hydrogen) atoms. The SMILES string of the molecule is CCC1NC(=O)C(C)(C)N(CCOC)C1=O. The molecule has 1 N–H and O–H groups in total. The molecule has 2 amide bonds. The second-order valence-corrected chi connectivity index (χ2v) is 4.48. The zero-order valence-electron chi connectivity index (χ0n) is 10.4. The minimum absolute atomic E-state index is 0.0239. The first-order valence-electron chi connectivity index (χ1n) is 5.56. The van der Waals surface area contributed by atoms with Crippen molar-refractivity contribution in [1.82, 2.24) is 10.2 Å². The summed E-state index contributed by atoms with van der Waals surface area (Å²) in [5.41, 5.74) is -0.790. The van der Waals surface area contributed by atoms with Crippen molar-refractivity contribution >= 4 is 11.8 Å². The molecule has 1 fully saturated rings. The van der Waals surface area contributed by atoms with Gasteiger partial charge < -0.3 is 15.0 Å². The van der Waals surface area contributed by atoms with Crippen LogP contribution in [0.2, 0.25) is 0 Å². The van der Waals surface area contributed by atoms with Gasteiger partial charge in [-0.25, -0.2) is 0 Å². The van der Waals surface area contributed by atoms with Gasteiger partial charge in [-0.3, -0.25) is 9.59 Å². The number of methoxy groups -OCH3 is 1. The molecule has 1 aliphatic heterocycles. The molecule has 1 aliphatic rings. The number of hydrogen-bond acceptors (Lipinski definition) is 3. The number of piperazine rings is 1. The lowest BCUT2D eigenvalue weighted by molar-refractivity contribution is -0.156. The highest BCUT2D eigenvalue weighted by molar-refractivity contribution is 5.99. The molecule has 5 nitrogen and oxygen atoms in total. The Bertz CT molecular complexity index is 289. The van der Waals surface area contributed by atoms with E-state index in [1.807, 2.05) is 6.92 Å². The van der Waals surface area contributed by atoms with Gasteiger partial charge in [-0.15, -0.1) is 0 Å². The lowest BCUT2D eigenvalue weighted by Crippen LogP contribution is -2.68. The number of rotatable bonds is 4. The van der Waals surface area contributed by atoms with E-state index >= 15 is 0 Å². The summed E-state index contributed by atoms with van der Waals surface area (Å²) in [6, 6.07) is -0.391. The van der Waals surface area contributed by atoms with Gasteiger partial charge >= 0.3 is 0 Å². The molecule has 0 aromatic carbocycles. The van der Waals surface area contributed by atoms with Gasteiger partial charge in [0.1, 0.15) is 11.6 Å². The summed E-state index contributed by atoms with van der Waals surface area (Å²) in [4.78, 5) is 25.5. The van der Waals surface area contributed by atoms with Gasteiger partial charge in [0.25, 0.3) is 0 Å². The number of amides is 2. The highest BCUT2D eigenvalue weighted by atomic mass is 16.5. The fourth-order valence-electron chi connectivity index (χ4n) is 1.83. The number of hydrogen-bond donors (Lipinski definition) is 1. The molecule has 1 saturated heterocycles. The molecular weight excluding hydrogens is 208 g/mol. The van der Waals surface area contributed by atoms with Crippen LogP contribution in [0.15, 0.2) is 0 Å². The lowest BCUT2D eigenvalue weighted by Gasteiger charge is -2.44. The van der Waals surface area contributed by atoms with Crippen molar-refractivity contribution < 1.29 is 14.3 Å². The van der Waals surface area contributed by atoms with Crippen LogP contribution in [-0.4, -0.2) is 48.6 Å². The fraction of sp³-hybridized carbons (Fsp3) is 0.818. The zero-order chi connectivity index (χ0) is 12.3. The van der Waals surface area contributed by atoms with Crippen LogP contribution in [0.5, 0.6) is 0 Å². The molecule has 1 unspecified atom stereocenters. The van der Waals surface area contributed by atoms with Gasteiger partial charge in [-0.2, -0.15) is 0 Å². The zero-order valence-corrected chi connectivity index (χ0v) is 10.4. The average molecular weight is 228 g/mol. The maximum absolute atomic E-state index is 12.1. The largest absolute Gasteiger partial charge is 0.383 e. The Hall–Kier alpha value is -1.10. The molecule has 0 aromatic rings. The Morgan fingerprint density at radius 1 is 1.44 bits per heavy atom. The topological polar surface area (TPSA) is 58.6 Å². The molecular formula is C11H20N2O3.